The van der Waals surface area contributed by atoms with Gasteiger partial charge in [0.2, 0.25) is 0 Å². The van der Waals surface area contributed by atoms with Crippen molar-refractivity contribution in [3.8, 4) is 11.1 Å². The molecule has 0 spiro atoms. The van der Waals surface area contributed by atoms with Crippen LogP contribution in [0.25, 0.3) is 11.1 Å². The minimum atomic E-state index is -4.09. The predicted molar refractivity (Wildman–Crippen MR) is 103 cm³/mol. The molecule has 1 aliphatic rings. The summed E-state index contributed by atoms with van der Waals surface area (Å²) in [6.45, 7) is 1.94. The number of hydrogen-bond donors (Lipinski definition) is 3. The van der Waals surface area contributed by atoms with Gasteiger partial charge in [-0.1, -0.05) is 35.9 Å². The minimum absolute atomic E-state index is 0.166. The molecule has 0 radical (unpaired) electrons. The monoisotopic (exact) mass is 395 g/mol. The van der Waals surface area contributed by atoms with Crippen LogP contribution >= 0.6 is 11.6 Å². The molecule has 0 atom stereocenters. The molecule has 5 N–H and O–H groups in total. The van der Waals surface area contributed by atoms with E-state index in [2.05, 4.69) is 0 Å². The van der Waals surface area contributed by atoms with Crippen molar-refractivity contribution in [1.82, 2.24) is 0 Å². The molecule has 0 amide bonds. The molecule has 27 heavy (non-hydrogen) atoms. The molecule has 1 fully saturated rings. The van der Waals surface area contributed by atoms with Crippen LogP contribution in [0, 0.1) is 18.3 Å². The summed E-state index contributed by atoms with van der Waals surface area (Å²) in [6.07, 6.45) is -3.66. The molecule has 0 saturated heterocycles. The van der Waals surface area contributed by atoms with E-state index in [0.29, 0.717) is 29.1 Å². The van der Waals surface area contributed by atoms with Crippen LogP contribution in [0.5, 0.6) is 0 Å². The highest BCUT2D eigenvalue weighted by atomic mass is 35.5. The Kier molecular flexibility index (Phi) is 5.12. The van der Waals surface area contributed by atoms with Crippen LogP contribution in [0.4, 0.5) is 18.9 Å². The number of halogens is 4. The molecular weight excluding hydrogens is 375 g/mol. The van der Waals surface area contributed by atoms with E-state index < -0.39 is 12.6 Å². The zero-order chi connectivity index (χ0) is 19.9. The molecule has 7 heteroatoms. The Morgan fingerprint density at radius 1 is 1.19 bits per heavy atom. The second-order valence-electron chi connectivity index (χ2n) is 7.23. The summed E-state index contributed by atoms with van der Waals surface area (Å²) in [5.74, 6) is -0.307. The van der Waals surface area contributed by atoms with Gasteiger partial charge in [-0.2, -0.15) is 13.2 Å². The number of alkyl halides is 3. The van der Waals surface area contributed by atoms with Crippen LogP contribution < -0.4 is 11.5 Å². The highest BCUT2D eigenvalue weighted by Crippen LogP contribution is 2.47. The highest BCUT2D eigenvalue weighted by molar-refractivity contribution is 6.37. The number of aryl methyl sites for hydroxylation is 1. The topological polar surface area (TPSA) is 75.9 Å². The first-order valence-electron chi connectivity index (χ1n) is 8.67. The molecular formula is C20H21ClF3N3. The fraction of sp³-hybridized carbons (Fsp3) is 0.350. The van der Waals surface area contributed by atoms with Gasteiger partial charge in [0, 0.05) is 17.7 Å². The van der Waals surface area contributed by atoms with Crippen LogP contribution in [0.1, 0.15) is 41.9 Å². The largest absolute Gasteiger partial charge is 0.398 e. The highest BCUT2D eigenvalue weighted by Gasteiger charge is 2.39. The lowest BCUT2D eigenvalue weighted by atomic mass is 9.69. The summed E-state index contributed by atoms with van der Waals surface area (Å²) in [7, 11) is 0. The van der Waals surface area contributed by atoms with E-state index >= 15 is 0 Å². The molecule has 0 aliphatic heterocycles. The van der Waals surface area contributed by atoms with E-state index in [-0.39, 0.29) is 17.7 Å². The number of amidine groups is 1. The first-order chi connectivity index (χ1) is 12.6. The van der Waals surface area contributed by atoms with Crippen molar-refractivity contribution < 1.29 is 13.2 Å². The fourth-order valence-corrected chi connectivity index (χ4v) is 4.19. The van der Waals surface area contributed by atoms with Crippen molar-refractivity contribution in [2.24, 2.45) is 11.7 Å². The Morgan fingerprint density at radius 3 is 2.37 bits per heavy atom. The Balaban J connectivity index is 1.83. The van der Waals surface area contributed by atoms with Crippen molar-refractivity contribution in [3.63, 3.8) is 0 Å². The SMILES string of the molecule is Cc1cc(C2CC(CC(F)(F)F)C2)ccc1-c1ccc(N)c(C(=N)N)c1Cl. The van der Waals surface area contributed by atoms with E-state index in [1.54, 1.807) is 12.1 Å². The fourth-order valence-electron chi connectivity index (χ4n) is 3.82. The lowest BCUT2D eigenvalue weighted by Gasteiger charge is -2.36. The molecule has 144 valence electrons. The third-order valence-corrected chi connectivity index (χ3v) is 5.60. The molecule has 1 saturated carbocycles. The predicted octanol–water partition coefficient (Wildman–Crippen LogP) is 5.63. The number of nitrogens with two attached hydrogens (primary N) is 2. The first kappa shape index (κ1) is 19.5. The smallest absolute Gasteiger partial charge is 0.389 e. The molecule has 3 rings (SSSR count). The van der Waals surface area contributed by atoms with Gasteiger partial charge in [-0.3, -0.25) is 5.41 Å². The molecule has 0 bridgehead atoms. The Morgan fingerprint density at radius 2 is 1.81 bits per heavy atom. The second kappa shape index (κ2) is 7.08. The van der Waals surface area contributed by atoms with Gasteiger partial charge in [-0.05, 0) is 54.4 Å². The quantitative estimate of drug-likeness (QED) is 0.356. The molecule has 1 aliphatic carbocycles. The minimum Gasteiger partial charge on any atom is -0.398 e. The van der Waals surface area contributed by atoms with Crippen LogP contribution in [0.2, 0.25) is 5.02 Å². The maximum absolute atomic E-state index is 12.5. The van der Waals surface area contributed by atoms with Crippen molar-refractivity contribution in [2.45, 2.75) is 38.3 Å². The van der Waals surface area contributed by atoms with Gasteiger partial charge in [0.25, 0.3) is 0 Å². The summed E-state index contributed by atoms with van der Waals surface area (Å²) in [6, 6.07) is 9.32. The molecule has 3 nitrogen and oxygen atoms in total. The van der Waals surface area contributed by atoms with Crippen LogP contribution in [-0.4, -0.2) is 12.0 Å². The van der Waals surface area contributed by atoms with Crippen LogP contribution in [0.15, 0.2) is 30.3 Å². The van der Waals surface area contributed by atoms with Gasteiger partial charge in [0.15, 0.2) is 0 Å². The summed E-state index contributed by atoms with van der Waals surface area (Å²) in [4.78, 5) is 0. The summed E-state index contributed by atoms with van der Waals surface area (Å²) in [5.41, 5.74) is 15.7. The van der Waals surface area contributed by atoms with Gasteiger partial charge in [0.05, 0.1) is 10.6 Å². The lowest BCUT2D eigenvalue weighted by molar-refractivity contribution is -0.151. The van der Waals surface area contributed by atoms with Crippen molar-refractivity contribution in [1.29, 1.82) is 5.41 Å². The average Bonchev–Trinajstić information content (AvgIpc) is 2.50. The van der Waals surface area contributed by atoms with Crippen molar-refractivity contribution >= 4 is 23.1 Å². The number of rotatable bonds is 4. The zero-order valence-corrected chi connectivity index (χ0v) is 15.6. The van der Waals surface area contributed by atoms with E-state index in [1.807, 2.05) is 25.1 Å². The van der Waals surface area contributed by atoms with Crippen molar-refractivity contribution in [3.05, 3.63) is 52.0 Å². The van der Waals surface area contributed by atoms with Gasteiger partial charge in [0.1, 0.15) is 5.84 Å². The maximum atomic E-state index is 12.5. The first-order valence-corrected chi connectivity index (χ1v) is 9.04. The zero-order valence-electron chi connectivity index (χ0n) is 14.8. The average molecular weight is 396 g/mol. The number of nitrogen functional groups attached to an aromatic ring is 2. The van der Waals surface area contributed by atoms with Crippen LogP contribution in [-0.2, 0) is 0 Å². The summed E-state index contributed by atoms with van der Waals surface area (Å²) in [5, 5.41) is 7.99. The third-order valence-electron chi connectivity index (χ3n) is 5.21. The van der Waals surface area contributed by atoms with E-state index in [9.17, 15) is 13.2 Å². The third kappa shape index (κ3) is 4.05. The van der Waals surface area contributed by atoms with E-state index in [1.165, 1.54) is 0 Å². The number of hydrogen-bond acceptors (Lipinski definition) is 2. The van der Waals surface area contributed by atoms with E-state index in [0.717, 1.165) is 22.3 Å². The second-order valence-corrected chi connectivity index (χ2v) is 7.61. The van der Waals surface area contributed by atoms with Crippen molar-refractivity contribution in [2.75, 3.05) is 5.73 Å². The molecule has 2 aromatic carbocycles. The summed E-state index contributed by atoms with van der Waals surface area (Å²) >= 11 is 6.43. The Hall–Kier alpha value is -2.21. The van der Waals surface area contributed by atoms with Gasteiger partial charge in [-0.25, -0.2) is 0 Å². The Bertz CT molecular complexity index is 887. The molecule has 0 heterocycles. The van der Waals surface area contributed by atoms with Gasteiger partial charge < -0.3 is 11.5 Å². The van der Waals surface area contributed by atoms with E-state index in [4.69, 9.17) is 28.5 Å². The van der Waals surface area contributed by atoms with Crippen LogP contribution in [0.3, 0.4) is 0 Å². The number of anilines is 1. The lowest BCUT2D eigenvalue weighted by Crippen LogP contribution is -2.27. The van der Waals surface area contributed by atoms with Gasteiger partial charge >= 0.3 is 6.18 Å². The summed E-state index contributed by atoms with van der Waals surface area (Å²) < 4.78 is 37.4. The molecule has 0 unspecified atom stereocenters. The molecule has 2 aromatic rings. The Labute approximate surface area is 161 Å². The number of benzene rings is 2. The number of nitrogens with one attached hydrogen (secondary N) is 1. The standard InChI is InChI=1S/C20H21ClF3N3/c1-10-6-12(13-7-11(8-13)9-20(22,23)24)2-3-14(10)15-4-5-16(25)17(18(15)21)19(26)27/h2-6,11,13H,7-9,25H2,1H3,(H3,26,27). The van der Waals surface area contributed by atoms with Gasteiger partial charge in [-0.15, -0.1) is 0 Å². The maximum Gasteiger partial charge on any atom is 0.389 e. The normalized spacial score (nSPS) is 19.6. The molecule has 0 aromatic heterocycles.